The zero-order chi connectivity index (χ0) is 16.0. The Balaban J connectivity index is 3.32. The molecule has 1 aromatic carbocycles. The number of carbonyl (C=O) groups excluding carboxylic acids is 3. The van der Waals surface area contributed by atoms with Crippen molar-refractivity contribution in [3.63, 3.8) is 0 Å². The smallest absolute Gasteiger partial charge is 0.337 e. The molecule has 1 rings (SSSR count). The van der Waals surface area contributed by atoms with E-state index in [9.17, 15) is 24.5 Å². The monoisotopic (exact) mass is 295 g/mol. The summed E-state index contributed by atoms with van der Waals surface area (Å²) in [6.07, 6.45) is 0.0474. The average Bonchev–Trinajstić information content (AvgIpc) is 2.50. The molecule has 1 atom stereocenters. The highest BCUT2D eigenvalue weighted by Gasteiger charge is 2.26. The van der Waals surface area contributed by atoms with Gasteiger partial charge in [-0.05, 0) is 12.1 Å². The zero-order valence-electron chi connectivity index (χ0n) is 11.4. The van der Waals surface area contributed by atoms with E-state index < -0.39 is 22.8 Å². The van der Waals surface area contributed by atoms with Crippen LogP contribution in [0.5, 0.6) is 0 Å². The molecule has 0 heterocycles. The lowest BCUT2D eigenvalue weighted by molar-refractivity contribution is -0.385. The molecule has 0 spiro atoms. The molecule has 0 saturated carbocycles. The Morgan fingerprint density at radius 1 is 1.33 bits per heavy atom. The van der Waals surface area contributed by atoms with E-state index in [4.69, 9.17) is 0 Å². The van der Waals surface area contributed by atoms with Crippen molar-refractivity contribution in [3.8, 4) is 0 Å². The Morgan fingerprint density at radius 2 is 2.00 bits per heavy atom. The molecule has 1 unspecified atom stereocenters. The highest BCUT2D eigenvalue weighted by molar-refractivity contribution is 5.90. The molecular formula is C13H13NO7. The Bertz CT molecular complexity index is 582. The SMILES string of the molecule is COC(=O)CC(C=O)c1cc(C(=O)OC)ccc1[N+](=O)[O-]. The van der Waals surface area contributed by atoms with Crippen LogP contribution in [-0.2, 0) is 19.1 Å². The molecule has 0 bridgehead atoms. The van der Waals surface area contributed by atoms with Gasteiger partial charge in [0.05, 0.1) is 37.0 Å². The highest BCUT2D eigenvalue weighted by atomic mass is 16.6. The van der Waals surface area contributed by atoms with Crippen LogP contribution >= 0.6 is 0 Å². The van der Waals surface area contributed by atoms with Crippen molar-refractivity contribution >= 4 is 23.9 Å². The summed E-state index contributed by atoms with van der Waals surface area (Å²) in [5.41, 5.74) is -0.346. The summed E-state index contributed by atoms with van der Waals surface area (Å²) in [6, 6.07) is 3.48. The minimum atomic E-state index is -1.08. The predicted molar refractivity (Wildman–Crippen MR) is 69.9 cm³/mol. The van der Waals surface area contributed by atoms with E-state index in [1.165, 1.54) is 12.1 Å². The van der Waals surface area contributed by atoms with Gasteiger partial charge in [0.25, 0.3) is 5.69 Å². The molecule has 8 heteroatoms. The predicted octanol–water partition coefficient (Wildman–Crippen LogP) is 1.23. The van der Waals surface area contributed by atoms with E-state index in [1.807, 2.05) is 0 Å². The Hall–Kier alpha value is -2.77. The topological polar surface area (TPSA) is 113 Å². The molecule has 21 heavy (non-hydrogen) atoms. The van der Waals surface area contributed by atoms with Crippen molar-refractivity contribution in [2.45, 2.75) is 12.3 Å². The molecule has 0 fully saturated rings. The van der Waals surface area contributed by atoms with Gasteiger partial charge in [-0.1, -0.05) is 0 Å². The largest absolute Gasteiger partial charge is 0.469 e. The van der Waals surface area contributed by atoms with Gasteiger partial charge in [-0.3, -0.25) is 14.9 Å². The lowest BCUT2D eigenvalue weighted by Crippen LogP contribution is -2.13. The third-order valence-corrected chi connectivity index (χ3v) is 2.82. The van der Waals surface area contributed by atoms with E-state index in [2.05, 4.69) is 9.47 Å². The van der Waals surface area contributed by atoms with Gasteiger partial charge in [0.15, 0.2) is 0 Å². The molecule has 0 aromatic heterocycles. The third kappa shape index (κ3) is 3.85. The first-order valence-corrected chi connectivity index (χ1v) is 5.83. The number of carbonyl (C=O) groups is 3. The quantitative estimate of drug-likeness (QED) is 0.335. The molecular weight excluding hydrogens is 282 g/mol. The maximum absolute atomic E-state index is 11.5. The van der Waals surface area contributed by atoms with Crippen LogP contribution in [0.4, 0.5) is 5.69 Å². The number of benzene rings is 1. The second-order valence-corrected chi connectivity index (χ2v) is 4.05. The summed E-state index contributed by atoms with van der Waals surface area (Å²) in [6.45, 7) is 0. The lowest BCUT2D eigenvalue weighted by Gasteiger charge is -2.11. The summed E-state index contributed by atoms with van der Waals surface area (Å²) in [5.74, 6) is -2.47. The second kappa shape index (κ2) is 7.13. The van der Waals surface area contributed by atoms with Crippen LogP contribution in [0, 0.1) is 10.1 Å². The summed E-state index contributed by atoms with van der Waals surface area (Å²) < 4.78 is 8.96. The molecule has 0 N–H and O–H groups in total. The Kier molecular flexibility index (Phi) is 5.53. The van der Waals surface area contributed by atoms with Crippen molar-refractivity contribution in [1.29, 1.82) is 0 Å². The summed E-state index contributed by atoms with van der Waals surface area (Å²) in [5, 5.41) is 11.0. The zero-order valence-corrected chi connectivity index (χ0v) is 11.4. The van der Waals surface area contributed by atoms with E-state index in [0.29, 0.717) is 6.29 Å². The first-order valence-electron chi connectivity index (χ1n) is 5.83. The number of hydrogen-bond acceptors (Lipinski definition) is 7. The normalized spacial score (nSPS) is 11.3. The second-order valence-electron chi connectivity index (χ2n) is 4.05. The van der Waals surface area contributed by atoms with Crippen LogP contribution in [0.2, 0.25) is 0 Å². The molecule has 0 radical (unpaired) electrons. The van der Waals surface area contributed by atoms with Crippen LogP contribution in [0.1, 0.15) is 28.3 Å². The number of ether oxygens (including phenoxy) is 2. The molecule has 0 saturated heterocycles. The minimum Gasteiger partial charge on any atom is -0.469 e. The van der Waals surface area contributed by atoms with Gasteiger partial charge in [0, 0.05) is 11.6 Å². The maximum atomic E-state index is 11.5. The van der Waals surface area contributed by atoms with Crippen LogP contribution in [0.25, 0.3) is 0 Å². The van der Waals surface area contributed by atoms with Gasteiger partial charge < -0.3 is 14.3 Å². The number of methoxy groups -OCH3 is 2. The van der Waals surface area contributed by atoms with E-state index in [0.717, 1.165) is 20.3 Å². The number of hydrogen-bond donors (Lipinski definition) is 0. The number of nitro benzene ring substituents is 1. The van der Waals surface area contributed by atoms with E-state index in [1.54, 1.807) is 0 Å². The molecule has 1 aromatic rings. The van der Waals surface area contributed by atoms with Crippen LogP contribution in [-0.4, -0.2) is 37.4 Å². The maximum Gasteiger partial charge on any atom is 0.337 e. The van der Waals surface area contributed by atoms with Gasteiger partial charge in [-0.2, -0.15) is 0 Å². The summed E-state index contributed by atoms with van der Waals surface area (Å²) in [4.78, 5) is 44.2. The fraction of sp³-hybridized carbons (Fsp3) is 0.308. The Morgan fingerprint density at radius 3 is 2.48 bits per heavy atom. The van der Waals surface area contributed by atoms with Gasteiger partial charge in [-0.25, -0.2) is 4.79 Å². The highest BCUT2D eigenvalue weighted by Crippen LogP contribution is 2.29. The number of aldehydes is 1. The fourth-order valence-electron chi connectivity index (χ4n) is 1.76. The van der Waals surface area contributed by atoms with Crippen molar-refractivity contribution in [2.24, 2.45) is 0 Å². The standard InChI is InChI=1S/C13H13NO7/c1-20-12(16)6-9(7-15)10-5-8(13(17)21-2)3-4-11(10)14(18)19/h3-5,7,9H,6H2,1-2H3. The first-order chi connectivity index (χ1) is 9.94. The third-order valence-electron chi connectivity index (χ3n) is 2.82. The molecule has 8 nitrogen and oxygen atoms in total. The fourth-order valence-corrected chi connectivity index (χ4v) is 1.76. The lowest BCUT2D eigenvalue weighted by atomic mass is 9.94. The van der Waals surface area contributed by atoms with E-state index >= 15 is 0 Å². The number of rotatable bonds is 6. The molecule has 0 amide bonds. The van der Waals surface area contributed by atoms with Crippen LogP contribution in [0.3, 0.4) is 0 Å². The number of esters is 2. The van der Waals surface area contributed by atoms with Gasteiger partial charge in [-0.15, -0.1) is 0 Å². The van der Waals surface area contributed by atoms with Gasteiger partial charge in [0.2, 0.25) is 0 Å². The molecule has 0 aliphatic rings. The van der Waals surface area contributed by atoms with Crippen LogP contribution in [0.15, 0.2) is 18.2 Å². The van der Waals surface area contributed by atoms with Gasteiger partial charge >= 0.3 is 11.9 Å². The van der Waals surface area contributed by atoms with Crippen molar-refractivity contribution in [1.82, 2.24) is 0 Å². The van der Waals surface area contributed by atoms with Crippen molar-refractivity contribution in [3.05, 3.63) is 39.4 Å². The number of nitrogens with zero attached hydrogens (tertiary/aromatic N) is 1. The molecule has 112 valence electrons. The molecule has 0 aliphatic carbocycles. The van der Waals surface area contributed by atoms with Crippen molar-refractivity contribution < 1.29 is 28.8 Å². The average molecular weight is 295 g/mol. The molecule has 0 aliphatic heterocycles. The first kappa shape index (κ1) is 16.3. The van der Waals surface area contributed by atoms with Crippen LogP contribution < -0.4 is 0 Å². The number of nitro groups is 1. The summed E-state index contributed by atoms with van der Waals surface area (Å²) >= 11 is 0. The van der Waals surface area contributed by atoms with E-state index in [-0.39, 0.29) is 23.2 Å². The summed E-state index contributed by atoms with van der Waals surface area (Å²) in [7, 11) is 2.30. The van der Waals surface area contributed by atoms with Gasteiger partial charge in [0.1, 0.15) is 6.29 Å². The minimum absolute atomic E-state index is 0.0386. The van der Waals surface area contributed by atoms with Crippen molar-refractivity contribution in [2.75, 3.05) is 14.2 Å². The Labute approximate surface area is 119 Å².